The maximum absolute atomic E-state index is 13.4. The number of nitrogens with two attached hydrogens (primary N) is 1. The van der Waals surface area contributed by atoms with Gasteiger partial charge in [-0.2, -0.15) is 4.98 Å². The quantitative estimate of drug-likeness (QED) is 0.165. The minimum absolute atomic E-state index is 0.218. The molecular weight excluding hydrogens is 544 g/mol. The molecule has 1 aliphatic rings. The summed E-state index contributed by atoms with van der Waals surface area (Å²) in [5.41, 5.74) is 5.73. The van der Waals surface area contributed by atoms with Crippen LogP contribution >= 0.6 is 11.3 Å². The van der Waals surface area contributed by atoms with E-state index in [1.807, 2.05) is 43.9 Å². The number of morpholine rings is 1. The number of anilines is 2. The number of nitrogens with one attached hydrogen (secondary N) is 1. The first-order chi connectivity index (χ1) is 19.7. The number of amides is 2. The van der Waals surface area contributed by atoms with Gasteiger partial charge in [0.1, 0.15) is 10.6 Å². The average Bonchev–Trinajstić information content (AvgIpc) is 3.40. The van der Waals surface area contributed by atoms with Gasteiger partial charge < -0.3 is 30.6 Å². The fourth-order valence-electron chi connectivity index (χ4n) is 4.42. The third-order valence-corrected chi connectivity index (χ3v) is 8.10. The summed E-state index contributed by atoms with van der Waals surface area (Å²) in [5.74, 6) is 0.0582. The van der Waals surface area contributed by atoms with Crippen LogP contribution in [0.25, 0.3) is 10.8 Å². The van der Waals surface area contributed by atoms with Crippen LogP contribution in [0.15, 0.2) is 59.9 Å². The number of ether oxygens (including phenoxy) is 2. The van der Waals surface area contributed by atoms with Crippen LogP contribution in [-0.2, 0) is 14.9 Å². The highest BCUT2D eigenvalue weighted by Gasteiger charge is 2.26. The highest BCUT2D eigenvalue weighted by molar-refractivity contribution is 7.14. The van der Waals surface area contributed by atoms with E-state index >= 15 is 0 Å². The number of aromatic nitrogens is 2. The predicted molar refractivity (Wildman–Crippen MR) is 158 cm³/mol. The Morgan fingerprint density at radius 3 is 2.54 bits per heavy atom. The fourth-order valence-corrected chi connectivity index (χ4v) is 5.45. The molecule has 0 atom stereocenters. The SMILES string of the molecule is CC(C)(C)c1cc(NC(=O)/C(=N\O)c2ccc(Oc3ccnc(N4CCOCC4)n3)c3ccccc23)c(C(N)=O)s1. The molecule has 0 radical (unpaired) electrons. The molecule has 0 aliphatic carbocycles. The lowest BCUT2D eigenvalue weighted by Crippen LogP contribution is -2.37. The number of hydrogen-bond donors (Lipinski definition) is 3. The van der Waals surface area contributed by atoms with Gasteiger partial charge in [0, 0.05) is 41.2 Å². The molecule has 2 amide bonds. The second kappa shape index (κ2) is 11.5. The maximum atomic E-state index is 13.4. The Kier molecular flexibility index (Phi) is 7.86. The molecule has 0 bridgehead atoms. The molecule has 0 unspecified atom stereocenters. The second-order valence-electron chi connectivity index (χ2n) is 10.4. The number of hydrogen-bond acceptors (Lipinski definition) is 10. The van der Waals surface area contributed by atoms with E-state index in [-0.39, 0.29) is 21.7 Å². The number of primary amides is 1. The molecule has 4 aromatic rings. The molecular formula is C29H30N6O5S. The first kappa shape index (κ1) is 28.0. The summed E-state index contributed by atoms with van der Waals surface area (Å²) in [5, 5.41) is 17.3. The summed E-state index contributed by atoms with van der Waals surface area (Å²) in [6.45, 7) is 8.59. The van der Waals surface area contributed by atoms with Crippen molar-refractivity contribution in [1.82, 2.24) is 9.97 Å². The van der Waals surface area contributed by atoms with Gasteiger partial charge in [0.15, 0.2) is 5.71 Å². The number of nitrogens with zero attached hydrogens (tertiary/aromatic N) is 4. The van der Waals surface area contributed by atoms with E-state index in [1.165, 1.54) is 11.3 Å². The Bertz CT molecular complexity index is 1640. The van der Waals surface area contributed by atoms with Crippen LogP contribution in [0, 0.1) is 0 Å². The monoisotopic (exact) mass is 574 g/mol. The highest BCUT2D eigenvalue weighted by Crippen LogP contribution is 2.36. The molecule has 2 aromatic heterocycles. The normalized spacial score (nSPS) is 14.2. The van der Waals surface area contributed by atoms with E-state index < -0.39 is 11.8 Å². The third-order valence-electron chi connectivity index (χ3n) is 6.52. The minimum Gasteiger partial charge on any atom is -0.438 e. The number of rotatable bonds is 7. The van der Waals surface area contributed by atoms with E-state index in [4.69, 9.17) is 15.2 Å². The fraction of sp³-hybridized carbons (Fsp3) is 0.276. The molecule has 3 heterocycles. The Morgan fingerprint density at radius 2 is 1.85 bits per heavy atom. The number of thiophene rings is 1. The molecule has 2 aromatic carbocycles. The van der Waals surface area contributed by atoms with Crippen LogP contribution in [0.3, 0.4) is 0 Å². The van der Waals surface area contributed by atoms with E-state index in [0.717, 1.165) is 4.88 Å². The van der Waals surface area contributed by atoms with Crippen LogP contribution in [-0.4, -0.2) is 59.0 Å². The van der Waals surface area contributed by atoms with Gasteiger partial charge in [0.2, 0.25) is 11.8 Å². The van der Waals surface area contributed by atoms with Crippen LogP contribution in [0.2, 0.25) is 0 Å². The second-order valence-corrected chi connectivity index (χ2v) is 11.5. The molecule has 0 saturated carbocycles. The number of benzene rings is 2. The molecule has 11 nitrogen and oxygen atoms in total. The molecule has 1 saturated heterocycles. The van der Waals surface area contributed by atoms with Crippen molar-refractivity contribution in [2.24, 2.45) is 10.9 Å². The van der Waals surface area contributed by atoms with Gasteiger partial charge in [-0.25, -0.2) is 4.98 Å². The van der Waals surface area contributed by atoms with E-state index in [1.54, 1.807) is 36.5 Å². The van der Waals surface area contributed by atoms with Crippen molar-refractivity contribution < 1.29 is 24.3 Å². The number of carbonyl (C=O) groups excluding carboxylic acids is 2. The highest BCUT2D eigenvalue weighted by atomic mass is 32.1. The van der Waals surface area contributed by atoms with Crippen molar-refractivity contribution in [3.8, 4) is 11.6 Å². The number of carbonyl (C=O) groups is 2. The zero-order chi connectivity index (χ0) is 29.1. The zero-order valence-corrected chi connectivity index (χ0v) is 23.7. The molecule has 5 rings (SSSR count). The first-order valence-electron chi connectivity index (χ1n) is 13.0. The Labute approximate surface area is 240 Å². The Hall–Kier alpha value is -4.55. The average molecular weight is 575 g/mol. The summed E-state index contributed by atoms with van der Waals surface area (Å²) < 4.78 is 11.6. The predicted octanol–water partition coefficient (Wildman–Crippen LogP) is 4.53. The number of fused-ring (bicyclic) bond motifs is 1. The van der Waals surface area contributed by atoms with Crippen molar-refractivity contribution in [3.05, 3.63) is 70.0 Å². The molecule has 212 valence electrons. The summed E-state index contributed by atoms with van der Waals surface area (Å²) >= 11 is 1.22. The Balaban J connectivity index is 1.45. The van der Waals surface area contributed by atoms with E-state index in [0.29, 0.717) is 60.2 Å². The lowest BCUT2D eigenvalue weighted by molar-refractivity contribution is -0.110. The van der Waals surface area contributed by atoms with Gasteiger partial charge in [-0.05, 0) is 29.0 Å². The molecule has 1 aliphatic heterocycles. The van der Waals surface area contributed by atoms with Gasteiger partial charge in [0.05, 0.1) is 18.9 Å². The van der Waals surface area contributed by atoms with Gasteiger partial charge in [-0.1, -0.05) is 50.2 Å². The molecule has 0 spiro atoms. The van der Waals surface area contributed by atoms with Crippen molar-refractivity contribution in [3.63, 3.8) is 0 Å². The van der Waals surface area contributed by atoms with Gasteiger partial charge in [-0.15, -0.1) is 11.3 Å². The maximum Gasteiger partial charge on any atom is 0.278 e. The summed E-state index contributed by atoms with van der Waals surface area (Å²) in [6, 6.07) is 14.0. The molecule has 41 heavy (non-hydrogen) atoms. The summed E-state index contributed by atoms with van der Waals surface area (Å²) in [6.07, 6.45) is 1.64. The van der Waals surface area contributed by atoms with Crippen molar-refractivity contribution >= 4 is 51.3 Å². The molecule has 4 N–H and O–H groups in total. The minimum atomic E-state index is -0.696. The van der Waals surface area contributed by atoms with Crippen LogP contribution in [0.1, 0.15) is 40.9 Å². The zero-order valence-electron chi connectivity index (χ0n) is 22.9. The smallest absolute Gasteiger partial charge is 0.278 e. The van der Waals surface area contributed by atoms with Crippen LogP contribution in [0.4, 0.5) is 11.6 Å². The van der Waals surface area contributed by atoms with Gasteiger partial charge in [0.25, 0.3) is 11.8 Å². The Morgan fingerprint density at radius 1 is 1.12 bits per heavy atom. The van der Waals surface area contributed by atoms with Crippen LogP contribution in [0.5, 0.6) is 11.6 Å². The van der Waals surface area contributed by atoms with Crippen molar-refractivity contribution in [2.45, 2.75) is 26.2 Å². The van der Waals surface area contributed by atoms with Crippen molar-refractivity contribution in [2.75, 3.05) is 36.5 Å². The van der Waals surface area contributed by atoms with Crippen LogP contribution < -0.4 is 20.7 Å². The number of oxime groups is 1. The topological polar surface area (TPSA) is 152 Å². The van der Waals surface area contributed by atoms with Gasteiger partial charge >= 0.3 is 0 Å². The standard InChI is InChI=1S/C29H30N6O5S/c1-29(2,3)22-16-20(25(41-22)26(30)36)32-27(37)24(34-38)19-8-9-21(18-7-5-4-6-17(18)19)40-23-10-11-31-28(33-23)35-12-14-39-15-13-35/h4-11,16,38H,12-15H2,1-3H3,(H2,30,36)(H,32,37)/b34-24-. The van der Waals surface area contributed by atoms with E-state index in [9.17, 15) is 14.8 Å². The molecule has 12 heteroatoms. The lowest BCUT2D eigenvalue weighted by Gasteiger charge is -2.26. The van der Waals surface area contributed by atoms with E-state index in [2.05, 4.69) is 20.4 Å². The summed E-state index contributed by atoms with van der Waals surface area (Å²) in [4.78, 5) is 37.5. The summed E-state index contributed by atoms with van der Waals surface area (Å²) in [7, 11) is 0. The van der Waals surface area contributed by atoms with Gasteiger partial charge in [-0.3, -0.25) is 9.59 Å². The molecule has 1 fully saturated rings. The first-order valence-corrected chi connectivity index (χ1v) is 13.8. The lowest BCUT2D eigenvalue weighted by atomic mass is 9.94. The largest absolute Gasteiger partial charge is 0.438 e. The van der Waals surface area contributed by atoms with Crippen molar-refractivity contribution in [1.29, 1.82) is 0 Å². The third kappa shape index (κ3) is 5.98.